The van der Waals surface area contributed by atoms with Gasteiger partial charge in [-0.05, 0) is 45.0 Å². The average Bonchev–Trinajstić information content (AvgIpc) is 3.20. The SMILES string of the molecule is NC1CCN(CCNC(=O)c2cc(C3CCNC3)[nH]n2)CC1. The van der Waals surface area contributed by atoms with Crippen LogP contribution >= 0.6 is 0 Å². The number of hydrogen-bond acceptors (Lipinski definition) is 5. The number of carbonyl (C=O) groups excluding carboxylic acids is 1. The van der Waals surface area contributed by atoms with E-state index in [0.29, 0.717) is 24.2 Å². The highest BCUT2D eigenvalue weighted by atomic mass is 16.1. The molecule has 2 aliphatic heterocycles. The van der Waals surface area contributed by atoms with Crippen molar-refractivity contribution >= 4 is 5.91 Å². The zero-order valence-electron chi connectivity index (χ0n) is 13.0. The topological polar surface area (TPSA) is 99.1 Å². The maximum Gasteiger partial charge on any atom is 0.271 e. The summed E-state index contributed by atoms with van der Waals surface area (Å²) in [5.41, 5.74) is 7.44. The van der Waals surface area contributed by atoms with Crippen molar-refractivity contribution in [1.29, 1.82) is 0 Å². The molecule has 1 aromatic heterocycles. The van der Waals surface area contributed by atoms with Crippen molar-refractivity contribution in [3.8, 4) is 0 Å². The van der Waals surface area contributed by atoms with E-state index in [9.17, 15) is 4.79 Å². The molecule has 3 rings (SSSR count). The highest BCUT2D eigenvalue weighted by Gasteiger charge is 2.21. The van der Waals surface area contributed by atoms with Crippen LogP contribution < -0.4 is 16.4 Å². The third kappa shape index (κ3) is 3.85. The van der Waals surface area contributed by atoms with Crippen LogP contribution in [0.1, 0.15) is 41.4 Å². The molecular weight excluding hydrogens is 280 g/mol. The molecular formula is C15H26N6O. The molecule has 0 radical (unpaired) electrons. The lowest BCUT2D eigenvalue weighted by Gasteiger charge is -2.29. The number of amides is 1. The molecule has 0 saturated carbocycles. The van der Waals surface area contributed by atoms with Gasteiger partial charge in [0.2, 0.25) is 0 Å². The second kappa shape index (κ2) is 7.21. The van der Waals surface area contributed by atoms with Gasteiger partial charge >= 0.3 is 0 Å². The summed E-state index contributed by atoms with van der Waals surface area (Å²) in [5, 5.41) is 13.4. The van der Waals surface area contributed by atoms with E-state index in [4.69, 9.17) is 5.73 Å². The smallest absolute Gasteiger partial charge is 0.271 e. The van der Waals surface area contributed by atoms with Gasteiger partial charge in [-0.15, -0.1) is 0 Å². The summed E-state index contributed by atoms with van der Waals surface area (Å²) < 4.78 is 0. The summed E-state index contributed by atoms with van der Waals surface area (Å²) in [6.07, 6.45) is 3.19. The summed E-state index contributed by atoms with van der Waals surface area (Å²) in [5.74, 6) is 0.355. The Bertz CT molecular complexity index is 488. The quantitative estimate of drug-likeness (QED) is 0.595. The average molecular weight is 306 g/mol. The molecule has 1 atom stereocenters. The van der Waals surface area contributed by atoms with Crippen LogP contribution in [0.4, 0.5) is 0 Å². The fourth-order valence-corrected chi connectivity index (χ4v) is 3.18. The number of aromatic nitrogens is 2. The molecule has 0 spiro atoms. The predicted molar refractivity (Wildman–Crippen MR) is 84.8 cm³/mol. The van der Waals surface area contributed by atoms with Crippen LogP contribution in [0.25, 0.3) is 0 Å². The Morgan fingerprint density at radius 1 is 1.41 bits per heavy atom. The molecule has 22 heavy (non-hydrogen) atoms. The van der Waals surface area contributed by atoms with Gasteiger partial charge in [0.05, 0.1) is 0 Å². The molecule has 2 aliphatic rings. The lowest BCUT2D eigenvalue weighted by atomic mass is 10.1. The minimum absolute atomic E-state index is 0.0952. The zero-order chi connectivity index (χ0) is 15.4. The summed E-state index contributed by atoms with van der Waals surface area (Å²) in [7, 11) is 0. The van der Waals surface area contributed by atoms with Crippen LogP contribution in [0.2, 0.25) is 0 Å². The molecule has 0 aromatic carbocycles. The van der Waals surface area contributed by atoms with Crippen molar-refractivity contribution < 1.29 is 4.79 Å². The van der Waals surface area contributed by atoms with Gasteiger partial charge in [-0.2, -0.15) is 5.10 Å². The minimum atomic E-state index is -0.0952. The van der Waals surface area contributed by atoms with E-state index in [1.54, 1.807) is 0 Å². The lowest BCUT2D eigenvalue weighted by Crippen LogP contribution is -2.43. The number of piperidine rings is 1. The maximum atomic E-state index is 12.1. The van der Waals surface area contributed by atoms with Gasteiger partial charge in [0.25, 0.3) is 5.91 Å². The predicted octanol–water partition coefficient (Wildman–Crippen LogP) is -0.360. The number of H-pyrrole nitrogens is 1. The number of carbonyl (C=O) groups is 1. The molecule has 0 bridgehead atoms. The standard InChI is InChI=1S/C15H26N6O/c16-12-2-6-21(7-3-12)8-5-18-15(22)14-9-13(19-20-14)11-1-4-17-10-11/h9,11-12,17H,1-8,10,16H2,(H,18,22)(H,19,20). The van der Waals surface area contributed by atoms with Crippen molar-refractivity contribution in [2.24, 2.45) is 5.73 Å². The molecule has 3 heterocycles. The lowest BCUT2D eigenvalue weighted by molar-refractivity contribution is 0.0941. The van der Waals surface area contributed by atoms with Gasteiger partial charge < -0.3 is 21.3 Å². The summed E-state index contributed by atoms with van der Waals surface area (Å²) in [6.45, 7) is 5.57. The first-order chi connectivity index (χ1) is 10.7. The Kier molecular flexibility index (Phi) is 5.07. The van der Waals surface area contributed by atoms with E-state index in [0.717, 1.165) is 57.7 Å². The highest BCUT2D eigenvalue weighted by molar-refractivity contribution is 5.92. The fraction of sp³-hybridized carbons (Fsp3) is 0.733. The van der Waals surface area contributed by atoms with Crippen LogP contribution in [0, 0.1) is 0 Å². The monoisotopic (exact) mass is 306 g/mol. The molecule has 1 unspecified atom stereocenters. The second-order valence-corrected chi connectivity index (χ2v) is 6.33. The van der Waals surface area contributed by atoms with Crippen molar-refractivity contribution in [2.45, 2.75) is 31.2 Å². The first-order valence-corrected chi connectivity index (χ1v) is 8.24. The minimum Gasteiger partial charge on any atom is -0.349 e. The number of likely N-dealkylation sites (tertiary alicyclic amines) is 1. The van der Waals surface area contributed by atoms with Crippen LogP contribution in [0.3, 0.4) is 0 Å². The van der Waals surface area contributed by atoms with Crippen LogP contribution in [-0.2, 0) is 0 Å². The largest absolute Gasteiger partial charge is 0.349 e. The third-order valence-electron chi connectivity index (χ3n) is 4.68. The van der Waals surface area contributed by atoms with Gasteiger partial charge in [0.15, 0.2) is 0 Å². The fourth-order valence-electron chi connectivity index (χ4n) is 3.18. The molecule has 0 aliphatic carbocycles. The molecule has 7 heteroatoms. The van der Waals surface area contributed by atoms with Crippen molar-refractivity contribution in [2.75, 3.05) is 39.3 Å². The van der Waals surface area contributed by atoms with Crippen LogP contribution in [0.15, 0.2) is 6.07 Å². The number of hydrogen-bond donors (Lipinski definition) is 4. The van der Waals surface area contributed by atoms with E-state index in [-0.39, 0.29) is 5.91 Å². The summed E-state index contributed by atoms with van der Waals surface area (Å²) >= 11 is 0. The van der Waals surface area contributed by atoms with Crippen molar-refractivity contribution in [3.05, 3.63) is 17.5 Å². The van der Waals surface area contributed by atoms with Gasteiger partial charge in [-0.25, -0.2) is 0 Å². The Morgan fingerprint density at radius 3 is 2.95 bits per heavy atom. The van der Waals surface area contributed by atoms with E-state index < -0.39 is 0 Å². The Hall–Kier alpha value is -1.44. The highest BCUT2D eigenvalue weighted by Crippen LogP contribution is 2.20. The Morgan fingerprint density at radius 2 is 2.23 bits per heavy atom. The first kappa shape index (κ1) is 15.5. The third-order valence-corrected chi connectivity index (χ3v) is 4.68. The van der Waals surface area contributed by atoms with E-state index in [1.165, 1.54) is 0 Å². The zero-order valence-corrected chi connectivity index (χ0v) is 13.0. The maximum absolute atomic E-state index is 12.1. The van der Waals surface area contributed by atoms with Crippen LogP contribution in [0.5, 0.6) is 0 Å². The Balaban J connectivity index is 1.42. The van der Waals surface area contributed by atoms with Gasteiger partial charge in [-0.3, -0.25) is 9.89 Å². The van der Waals surface area contributed by atoms with Crippen molar-refractivity contribution in [3.63, 3.8) is 0 Å². The van der Waals surface area contributed by atoms with E-state index in [1.807, 2.05) is 6.07 Å². The number of nitrogens with one attached hydrogen (secondary N) is 3. The number of nitrogens with zero attached hydrogens (tertiary/aromatic N) is 2. The van der Waals surface area contributed by atoms with E-state index in [2.05, 4.69) is 25.7 Å². The molecule has 5 N–H and O–H groups in total. The van der Waals surface area contributed by atoms with Crippen LogP contribution in [-0.4, -0.2) is 66.3 Å². The molecule has 2 fully saturated rings. The Labute approximate surface area is 131 Å². The molecule has 2 saturated heterocycles. The molecule has 7 nitrogen and oxygen atoms in total. The van der Waals surface area contributed by atoms with Gasteiger partial charge in [-0.1, -0.05) is 0 Å². The summed E-state index contributed by atoms with van der Waals surface area (Å²) in [4.78, 5) is 14.5. The first-order valence-electron chi connectivity index (χ1n) is 8.24. The normalized spacial score (nSPS) is 23.8. The molecule has 1 aromatic rings. The van der Waals surface area contributed by atoms with E-state index >= 15 is 0 Å². The van der Waals surface area contributed by atoms with Gasteiger partial charge in [0.1, 0.15) is 5.69 Å². The summed E-state index contributed by atoms with van der Waals surface area (Å²) in [6, 6.07) is 2.23. The molecule has 1 amide bonds. The number of nitrogens with two attached hydrogens (primary N) is 1. The number of rotatable bonds is 5. The number of aromatic amines is 1. The second-order valence-electron chi connectivity index (χ2n) is 6.33. The van der Waals surface area contributed by atoms with Gasteiger partial charge in [0, 0.05) is 37.3 Å². The molecule has 122 valence electrons. The van der Waals surface area contributed by atoms with Crippen molar-refractivity contribution in [1.82, 2.24) is 25.7 Å².